The van der Waals surface area contributed by atoms with Crippen LogP contribution in [0.2, 0.25) is 0 Å². The minimum Gasteiger partial charge on any atom is -0.338 e. The maximum Gasteiger partial charge on any atom is 0.321 e. The predicted molar refractivity (Wildman–Crippen MR) is 67.2 cm³/mol. The van der Waals surface area contributed by atoms with E-state index in [4.69, 9.17) is 4.52 Å². The lowest BCUT2D eigenvalue weighted by molar-refractivity contribution is 0.245. The van der Waals surface area contributed by atoms with E-state index in [9.17, 15) is 4.79 Å². The first-order chi connectivity index (χ1) is 8.46. The molecule has 2 N–H and O–H groups in total. The number of amides is 2. The molecular weight excluding hydrogens is 230 g/mol. The fourth-order valence-corrected chi connectivity index (χ4v) is 3.38. The van der Waals surface area contributed by atoms with Crippen molar-refractivity contribution in [2.24, 2.45) is 17.3 Å². The van der Waals surface area contributed by atoms with Crippen molar-refractivity contribution < 1.29 is 9.32 Å². The van der Waals surface area contributed by atoms with Crippen molar-refractivity contribution in [1.29, 1.82) is 0 Å². The largest absolute Gasteiger partial charge is 0.338 e. The summed E-state index contributed by atoms with van der Waals surface area (Å²) in [6.07, 6.45) is 2.20. The van der Waals surface area contributed by atoms with Crippen molar-refractivity contribution in [3.63, 3.8) is 0 Å². The highest BCUT2D eigenvalue weighted by Gasteiger charge is 2.62. The van der Waals surface area contributed by atoms with E-state index >= 15 is 0 Å². The summed E-state index contributed by atoms with van der Waals surface area (Å²) in [4.78, 5) is 11.8. The third-order valence-electron chi connectivity index (χ3n) is 4.56. The maximum atomic E-state index is 11.8. The van der Waals surface area contributed by atoms with Gasteiger partial charge in [-0.15, -0.1) is 0 Å². The highest BCUT2D eigenvalue weighted by molar-refractivity contribution is 5.88. The summed E-state index contributed by atoms with van der Waals surface area (Å²) in [5.74, 6) is 1.97. The van der Waals surface area contributed by atoms with Gasteiger partial charge in [0.1, 0.15) is 0 Å². The van der Waals surface area contributed by atoms with Crippen molar-refractivity contribution in [2.45, 2.75) is 39.7 Å². The molecule has 0 saturated heterocycles. The van der Waals surface area contributed by atoms with Crippen molar-refractivity contribution in [1.82, 2.24) is 10.5 Å². The van der Waals surface area contributed by atoms with Crippen LogP contribution in [0.1, 0.15) is 32.4 Å². The van der Waals surface area contributed by atoms with Gasteiger partial charge in [0.2, 0.25) is 5.88 Å². The lowest BCUT2D eigenvalue weighted by Gasteiger charge is -2.18. The van der Waals surface area contributed by atoms with Crippen LogP contribution in [0.3, 0.4) is 0 Å². The third-order valence-corrected chi connectivity index (χ3v) is 4.56. The summed E-state index contributed by atoms with van der Waals surface area (Å²) in [5, 5.41) is 9.38. The summed E-state index contributed by atoms with van der Waals surface area (Å²) in [5.41, 5.74) is 1.26. The molecule has 0 aliphatic heterocycles. The van der Waals surface area contributed by atoms with Crippen LogP contribution in [0.5, 0.6) is 0 Å². The van der Waals surface area contributed by atoms with E-state index in [0.717, 1.165) is 30.4 Å². The Kier molecular flexibility index (Phi) is 2.40. The molecule has 0 bridgehead atoms. The highest BCUT2D eigenvalue weighted by atomic mass is 16.5. The number of hydrogen-bond acceptors (Lipinski definition) is 3. The number of carbonyl (C=O) groups is 1. The molecule has 3 atom stereocenters. The number of urea groups is 1. The molecule has 1 heterocycles. The molecule has 1 aromatic heterocycles. The SMILES string of the molecule is Cc1cc(NC(=O)NC2C[C@@H]3[C@H](C2)C3(C)C)on1. The molecular formula is C13H19N3O2. The van der Waals surface area contributed by atoms with Crippen molar-refractivity contribution in [2.75, 3.05) is 5.32 Å². The molecule has 2 aliphatic carbocycles. The van der Waals surface area contributed by atoms with Gasteiger partial charge in [0.15, 0.2) is 0 Å². The van der Waals surface area contributed by atoms with Crippen LogP contribution in [0, 0.1) is 24.2 Å². The normalized spacial score (nSPS) is 31.8. The van der Waals surface area contributed by atoms with Crippen LogP contribution in [0.25, 0.3) is 0 Å². The molecule has 2 aliphatic rings. The minimum absolute atomic E-state index is 0.199. The number of hydrogen-bond donors (Lipinski definition) is 2. The van der Waals surface area contributed by atoms with Crippen molar-refractivity contribution >= 4 is 11.9 Å². The van der Waals surface area contributed by atoms with Gasteiger partial charge in [-0.2, -0.15) is 0 Å². The minimum atomic E-state index is -0.199. The predicted octanol–water partition coefficient (Wildman–Crippen LogP) is 2.54. The first-order valence-corrected chi connectivity index (χ1v) is 6.47. The Morgan fingerprint density at radius 1 is 1.44 bits per heavy atom. The third kappa shape index (κ3) is 1.87. The van der Waals surface area contributed by atoms with Gasteiger partial charge in [0.05, 0.1) is 5.69 Å². The Hall–Kier alpha value is -1.52. The number of rotatable bonds is 2. The number of fused-ring (bicyclic) bond motifs is 1. The average molecular weight is 249 g/mol. The Morgan fingerprint density at radius 2 is 2.11 bits per heavy atom. The van der Waals surface area contributed by atoms with E-state index in [1.807, 2.05) is 6.92 Å². The Morgan fingerprint density at radius 3 is 2.67 bits per heavy atom. The Labute approximate surface area is 106 Å². The molecule has 3 rings (SSSR count). The molecule has 5 heteroatoms. The number of anilines is 1. The zero-order valence-electron chi connectivity index (χ0n) is 11.0. The summed E-state index contributed by atoms with van der Waals surface area (Å²) >= 11 is 0. The van der Waals surface area contributed by atoms with Crippen LogP contribution in [0.4, 0.5) is 10.7 Å². The smallest absolute Gasteiger partial charge is 0.321 e. The molecule has 2 saturated carbocycles. The molecule has 1 unspecified atom stereocenters. The maximum absolute atomic E-state index is 11.8. The van der Waals surface area contributed by atoms with Gasteiger partial charge < -0.3 is 9.84 Å². The first kappa shape index (κ1) is 11.6. The van der Waals surface area contributed by atoms with E-state index in [-0.39, 0.29) is 6.03 Å². The van der Waals surface area contributed by atoms with E-state index in [0.29, 0.717) is 17.3 Å². The number of carbonyl (C=O) groups excluding carboxylic acids is 1. The quantitative estimate of drug-likeness (QED) is 0.846. The highest BCUT2D eigenvalue weighted by Crippen LogP contribution is 2.66. The van der Waals surface area contributed by atoms with Gasteiger partial charge >= 0.3 is 6.03 Å². The van der Waals surface area contributed by atoms with Crippen LogP contribution in [-0.2, 0) is 0 Å². The van der Waals surface area contributed by atoms with Crippen molar-refractivity contribution in [3.05, 3.63) is 11.8 Å². The summed E-state index contributed by atoms with van der Waals surface area (Å²) < 4.78 is 4.94. The van der Waals surface area contributed by atoms with Gasteiger partial charge in [-0.3, -0.25) is 5.32 Å². The van der Waals surface area contributed by atoms with Crippen LogP contribution < -0.4 is 10.6 Å². The summed E-state index contributed by atoms with van der Waals surface area (Å²) in [6, 6.07) is 1.81. The topological polar surface area (TPSA) is 67.2 Å². The molecule has 98 valence electrons. The fraction of sp³-hybridized carbons (Fsp3) is 0.692. The molecule has 2 amide bonds. The van der Waals surface area contributed by atoms with Gasteiger partial charge in [-0.05, 0) is 37.0 Å². The second-order valence-electron chi connectivity index (χ2n) is 6.13. The van der Waals surface area contributed by atoms with Crippen molar-refractivity contribution in [3.8, 4) is 0 Å². The molecule has 0 spiro atoms. The Balaban J connectivity index is 1.48. The fourth-order valence-electron chi connectivity index (χ4n) is 3.38. The van der Waals surface area contributed by atoms with Gasteiger partial charge in [-0.25, -0.2) is 4.79 Å². The van der Waals surface area contributed by atoms with E-state index < -0.39 is 0 Å². The number of nitrogens with zero attached hydrogens (tertiary/aromatic N) is 1. The van der Waals surface area contributed by atoms with Crippen LogP contribution in [-0.4, -0.2) is 17.2 Å². The van der Waals surface area contributed by atoms with Crippen LogP contribution >= 0.6 is 0 Å². The molecule has 0 aromatic carbocycles. The van der Waals surface area contributed by atoms with Crippen LogP contribution in [0.15, 0.2) is 10.6 Å². The lowest BCUT2D eigenvalue weighted by Crippen LogP contribution is -2.37. The Bertz CT molecular complexity index is 466. The van der Waals surface area contributed by atoms with Gasteiger partial charge in [0, 0.05) is 12.1 Å². The molecule has 5 nitrogen and oxygen atoms in total. The van der Waals surface area contributed by atoms with Gasteiger partial charge in [0.25, 0.3) is 0 Å². The van der Waals surface area contributed by atoms with Gasteiger partial charge in [-0.1, -0.05) is 19.0 Å². The number of aryl methyl sites for hydroxylation is 1. The van der Waals surface area contributed by atoms with E-state index in [2.05, 4.69) is 29.6 Å². The summed E-state index contributed by atoms with van der Waals surface area (Å²) in [7, 11) is 0. The molecule has 18 heavy (non-hydrogen) atoms. The number of nitrogens with one attached hydrogen (secondary N) is 2. The molecule has 0 radical (unpaired) electrons. The molecule has 1 aromatic rings. The first-order valence-electron chi connectivity index (χ1n) is 6.47. The van der Waals surface area contributed by atoms with E-state index in [1.165, 1.54) is 0 Å². The zero-order valence-corrected chi connectivity index (χ0v) is 11.0. The number of aromatic nitrogens is 1. The lowest BCUT2D eigenvalue weighted by atomic mass is 9.98. The molecule has 2 fully saturated rings. The second kappa shape index (κ2) is 3.73. The standard InChI is InChI=1S/C13H19N3O2/c1-7-4-11(18-16-7)15-12(17)14-8-5-9-10(6-8)13(9,2)3/h4,8-10H,5-6H2,1-3H3,(H2,14,15,17)/t8?,9-,10+. The van der Waals surface area contributed by atoms with E-state index in [1.54, 1.807) is 6.07 Å². The average Bonchev–Trinajstić information content (AvgIpc) is 2.71. The monoisotopic (exact) mass is 249 g/mol. The zero-order chi connectivity index (χ0) is 12.9. The summed E-state index contributed by atoms with van der Waals surface area (Å²) in [6.45, 7) is 6.45. The second-order valence-corrected chi connectivity index (χ2v) is 6.13.